The van der Waals surface area contributed by atoms with Gasteiger partial charge in [0.25, 0.3) is 0 Å². The molecule has 0 aliphatic carbocycles. The van der Waals surface area contributed by atoms with Gasteiger partial charge in [-0.05, 0) is 72.0 Å². The molecule has 4 rings (SSSR count). The minimum Gasteiger partial charge on any atom is -0.494 e. The molecule has 0 unspecified atom stereocenters. The van der Waals surface area contributed by atoms with Gasteiger partial charge in [0.15, 0.2) is 0 Å². The molecule has 0 atom stereocenters. The zero-order chi connectivity index (χ0) is 27.8. The fourth-order valence-electron chi connectivity index (χ4n) is 4.54. The minimum absolute atomic E-state index is 0.793. The van der Waals surface area contributed by atoms with Gasteiger partial charge in [-0.2, -0.15) is 0 Å². The van der Waals surface area contributed by atoms with Crippen LogP contribution in [-0.4, -0.2) is 16.6 Å². The van der Waals surface area contributed by atoms with E-state index in [1.165, 1.54) is 56.1 Å². The Morgan fingerprint density at radius 1 is 0.550 bits per heavy atom. The lowest BCUT2D eigenvalue weighted by molar-refractivity contribution is 0.304. The molecule has 40 heavy (non-hydrogen) atoms. The summed E-state index contributed by atoms with van der Waals surface area (Å²) in [5.74, 6) is 0.939. The van der Waals surface area contributed by atoms with Crippen LogP contribution in [0.2, 0.25) is 0 Å². The van der Waals surface area contributed by atoms with E-state index in [1.54, 1.807) is 0 Å². The lowest BCUT2D eigenvalue weighted by atomic mass is 10.1. The van der Waals surface area contributed by atoms with E-state index in [1.807, 2.05) is 24.5 Å². The smallest absolute Gasteiger partial charge is 0.119 e. The number of pyridine rings is 2. The average molecular weight is 531 g/mol. The van der Waals surface area contributed by atoms with Crippen LogP contribution in [0, 0.1) is 6.92 Å². The third-order valence-corrected chi connectivity index (χ3v) is 6.99. The second-order valence-electron chi connectivity index (χ2n) is 10.4. The zero-order valence-corrected chi connectivity index (χ0v) is 24.1. The van der Waals surface area contributed by atoms with Crippen molar-refractivity contribution in [3.05, 3.63) is 113 Å². The highest BCUT2D eigenvalue weighted by molar-refractivity contribution is 5.74. The van der Waals surface area contributed by atoms with Crippen LogP contribution in [0.5, 0.6) is 5.75 Å². The summed E-state index contributed by atoms with van der Waals surface area (Å²) in [6.07, 6.45) is 22.7. The molecule has 3 nitrogen and oxygen atoms in total. The maximum Gasteiger partial charge on any atom is 0.119 e. The van der Waals surface area contributed by atoms with Crippen molar-refractivity contribution in [2.75, 3.05) is 6.61 Å². The van der Waals surface area contributed by atoms with E-state index < -0.39 is 0 Å². The predicted octanol–water partition coefficient (Wildman–Crippen LogP) is 10.3. The molecule has 2 heterocycles. The van der Waals surface area contributed by atoms with Gasteiger partial charge in [0.2, 0.25) is 0 Å². The number of unbranched alkanes of at least 4 members (excludes halogenated alkanes) is 7. The molecule has 0 spiro atoms. The lowest BCUT2D eigenvalue weighted by Crippen LogP contribution is -1.97. The number of hydrogen-bond acceptors (Lipinski definition) is 3. The highest BCUT2D eigenvalue weighted by atomic mass is 16.5. The first-order chi connectivity index (χ1) is 19.7. The van der Waals surface area contributed by atoms with Crippen LogP contribution in [0.1, 0.15) is 86.1 Å². The molecule has 206 valence electrons. The Labute approximate surface area is 240 Å². The van der Waals surface area contributed by atoms with Gasteiger partial charge in [0.1, 0.15) is 5.75 Å². The maximum absolute atomic E-state index is 5.95. The normalized spacial score (nSPS) is 11.4. The number of rotatable bonds is 15. The van der Waals surface area contributed by atoms with Crippen molar-refractivity contribution in [2.24, 2.45) is 0 Å². The second kappa shape index (κ2) is 16.2. The molecule has 0 N–H and O–H groups in total. The van der Waals surface area contributed by atoms with Crippen molar-refractivity contribution >= 4 is 24.3 Å². The van der Waals surface area contributed by atoms with E-state index in [9.17, 15) is 0 Å². The molecule has 0 aliphatic heterocycles. The molecule has 0 bridgehead atoms. The van der Waals surface area contributed by atoms with E-state index in [2.05, 4.69) is 109 Å². The van der Waals surface area contributed by atoms with Crippen LogP contribution in [0.15, 0.2) is 85.2 Å². The number of aromatic nitrogens is 2. The summed E-state index contributed by atoms with van der Waals surface area (Å²) in [7, 11) is 0. The van der Waals surface area contributed by atoms with Gasteiger partial charge >= 0.3 is 0 Å². The highest BCUT2D eigenvalue weighted by Gasteiger charge is 2.03. The SMILES string of the molecule is CCCCCCCCCCOc1ccc(C=Cc2ccnc(-c3cc(C=Cc4ccc(C)cc4)ccn3)c2)cc1. The molecule has 0 radical (unpaired) electrons. The Morgan fingerprint density at radius 3 is 1.57 bits per heavy atom. The summed E-state index contributed by atoms with van der Waals surface area (Å²) < 4.78 is 5.95. The van der Waals surface area contributed by atoms with E-state index in [0.29, 0.717) is 0 Å². The Balaban J connectivity index is 1.27. The van der Waals surface area contributed by atoms with Crippen LogP contribution < -0.4 is 4.74 Å². The van der Waals surface area contributed by atoms with Gasteiger partial charge in [-0.15, -0.1) is 0 Å². The van der Waals surface area contributed by atoms with Crippen LogP contribution in [-0.2, 0) is 0 Å². The van der Waals surface area contributed by atoms with Gasteiger partial charge < -0.3 is 4.74 Å². The largest absolute Gasteiger partial charge is 0.494 e. The Bertz CT molecular complexity index is 1350. The topological polar surface area (TPSA) is 35.0 Å². The first-order valence-electron chi connectivity index (χ1n) is 14.8. The van der Waals surface area contributed by atoms with Gasteiger partial charge in [-0.3, -0.25) is 9.97 Å². The van der Waals surface area contributed by atoms with Crippen molar-refractivity contribution in [3.63, 3.8) is 0 Å². The van der Waals surface area contributed by atoms with Crippen LogP contribution in [0.4, 0.5) is 0 Å². The molecule has 0 fully saturated rings. The van der Waals surface area contributed by atoms with Gasteiger partial charge in [-0.1, -0.05) is 118 Å². The number of ether oxygens (including phenoxy) is 1. The van der Waals surface area contributed by atoms with E-state index in [-0.39, 0.29) is 0 Å². The summed E-state index contributed by atoms with van der Waals surface area (Å²) >= 11 is 0. The van der Waals surface area contributed by atoms with Gasteiger partial charge in [0, 0.05) is 12.4 Å². The first kappa shape index (κ1) is 29.0. The molecular formula is C37H42N2O. The Hall–Kier alpha value is -3.98. The Kier molecular flexibility index (Phi) is 11.8. The van der Waals surface area contributed by atoms with Gasteiger partial charge in [-0.25, -0.2) is 0 Å². The van der Waals surface area contributed by atoms with Gasteiger partial charge in [0.05, 0.1) is 18.0 Å². The standard InChI is InChI=1S/C37H42N2O/c1-3-4-5-6-7-8-9-10-27-40-35-21-19-32(20-22-35)16-18-34-24-26-39-37(29-34)36-28-33(23-25-38-36)17-15-31-13-11-30(2)12-14-31/h11-26,28-29H,3-10,27H2,1-2H3. The molecule has 2 aromatic heterocycles. The molecular weight excluding hydrogens is 488 g/mol. The van der Waals surface area contributed by atoms with Crippen molar-refractivity contribution in [2.45, 2.75) is 65.2 Å². The molecule has 0 saturated carbocycles. The third kappa shape index (κ3) is 9.96. The van der Waals surface area contributed by atoms with Crippen LogP contribution in [0.25, 0.3) is 35.7 Å². The molecule has 0 aliphatic rings. The fourth-order valence-corrected chi connectivity index (χ4v) is 4.54. The molecule has 2 aromatic carbocycles. The molecule has 0 amide bonds. The summed E-state index contributed by atoms with van der Waals surface area (Å²) in [5, 5.41) is 0. The van der Waals surface area contributed by atoms with Crippen molar-refractivity contribution in [1.29, 1.82) is 0 Å². The van der Waals surface area contributed by atoms with E-state index in [0.717, 1.165) is 46.9 Å². The summed E-state index contributed by atoms with van der Waals surface area (Å²) in [5.41, 5.74) is 7.48. The fraction of sp³-hybridized carbons (Fsp3) is 0.297. The number of hydrogen-bond donors (Lipinski definition) is 0. The maximum atomic E-state index is 5.95. The predicted molar refractivity (Wildman–Crippen MR) is 171 cm³/mol. The van der Waals surface area contributed by atoms with Crippen molar-refractivity contribution < 1.29 is 4.74 Å². The number of benzene rings is 2. The van der Waals surface area contributed by atoms with Crippen LogP contribution >= 0.6 is 0 Å². The monoisotopic (exact) mass is 530 g/mol. The van der Waals surface area contributed by atoms with E-state index in [4.69, 9.17) is 4.74 Å². The second-order valence-corrected chi connectivity index (χ2v) is 10.4. The van der Waals surface area contributed by atoms with E-state index >= 15 is 0 Å². The van der Waals surface area contributed by atoms with Crippen molar-refractivity contribution in [3.8, 4) is 17.1 Å². The first-order valence-corrected chi connectivity index (χ1v) is 14.8. The molecule has 4 aromatic rings. The lowest BCUT2D eigenvalue weighted by Gasteiger charge is -2.06. The van der Waals surface area contributed by atoms with Crippen LogP contribution in [0.3, 0.4) is 0 Å². The third-order valence-electron chi connectivity index (χ3n) is 6.99. The number of aryl methyl sites for hydroxylation is 1. The summed E-state index contributed by atoms with van der Waals surface area (Å²) in [6, 6.07) is 25.0. The minimum atomic E-state index is 0.793. The van der Waals surface area contributed by atoms with Crippen molar-refractivity contribution in [1.82, 2.24) is 9.97 Å². The average Bonchev–Trinajstić information content (AvgIpc) is 3.00. The Morgan fingerprint density at radius 2 is 1.02 bits per heavy atom. The highest BCUT2D eigenvalue weighted by Crippen LogP contribution is 2.20. The summed E-state index contributed by atoms with van der Waals surface area (Å²) in [6.45, 7) is 5.16. The zero-order valence-electron chi connectivity index (χ0n) is 24.1. The number of nitrogens with zero attached hydrogens (tertiary/aromatic N) is 2. The summed E-state index contributed by atoms with van der Waals surface area (Å²) in [4.78, 5) is 9.14. The molecule has 0 saturated heterocycles. The quantitative estimate of drug-likeness (QED) is 0.143. The molecule has 3 heteroatoms.